The summed E-state index contributed by atoms with van der Waals surface area (Å²) in [6.45, 7) is 4.29. The van der Waals surface area contributed by atoms with Gasteiger partial charge in [-0.15, -0.1) is 22.7 Å². The molecule has 0 saturated heterocycles. The Morgan fingerprint density at radius 3 is 3.05 bits per heavy atom. The molecule has 0 unspecified atom stereocenters. The Kier molecular flexibility index (Phi) is 4.77. The van der Waals surface area contributed by atoms with Crippen molar-refractivity contribution in [3.63, 3.8) is 0 Å². The molecule has 1 aliphatic rings. The Labute approximate surface area is 127 Å². The Balaban J connectivity index is 1.36. The molecule has 1 saturated carbocycles. The number of nitrogens with one attached hydrogen (secondary N) is 1. The van der Waals surface area contributed by atoms with E-state index in [1.807, 2.05) is 12.4 Å². The SMILES string of the molecule is Cc1ncsc1CCOCc1csc(CNC2CC2)n1. The lowest BCUT2D eigenvalue weighted by Crippen LogP contribution is -2.15. The number of rotatable bonds is 8. The lowest BCUT2D eigenvalue weighted by molar-refractivity contribution is 0.122. The molecule has 4 nitrogen and oxygen atoms in total. The Morgan fingerprint density at radius 1 is 1.40 bits per heavy atom. The van der Waals surface area contributed by atoms with E-state index < -0.39 is 0 Å². The molecule has 3 rings (SSSR count). The van der Waals surface area contributed by atoms with Crippen LogP contribution in [0.2, 0.25) is 0 Å². The molecule has 0 aliphatic heterocycles. The maximum atomic E-state index is 5.70. The molecule has 0 amide bonds. The maximum Gasteiger partial charge on any atom is 0.107 e. The summed E-state index contributed by atoms with van der Waals surface area (Å²) in [5, 5.41) is 6.74. The van der Waals surface area contributed by atoms with E-state index in [2.05, 4.69) is 20.7 Å². The normalized spacial score (nSPS) is 14.8. The van der Waals surface area contributed by atoms with Crippen LogP contribution in [-0.2, 0) is 24.3 Å². The highest BCUT2D eigenvalue weighted by atomic mass is 32.1. The van der Waals surface area contributed by atoms with Crippen LogP contribution >= 0.6 is 22.7 Å². The molecule has 0 atom stereocenters. The highest BCUT2D eigenvalue weighted by molar-refractivity contribution is 7.09. The Bertz CT molecular complexity index is 548. The molecule has 20 heavy (non-hydrogen) atoms. The molecule has 2 aromatic rings. The second-order valence-corrected chi connectivity index (χ2v) is 6.93. The average Bonchev–Trinajstić information content (AvgIpc) is 3.03. The lowest BCUT2D eigenvalue weighted by Gasteiger charge is -2.01. The topological polar surface area (TPSA) is 47.0 Å². The third kappa shape index (κ3) is 4.09. The highest BCUT2D eigenvalue weighted by Crippen LogP contribution is 2.20. The third-order valence-corrected chi connectivity index (χ3v) is 5.18. The van der Waals surface area contributed by atoms with Crippen LogP contribution in [-0.4, -0.2) is 22.6 Å². The van der Waals surface area contributed by atoms with E-state index in [1.54, 1.807) is 22.7 Å². The number of hydrogen-bond donors (Lipinski definition) is 1. The minimum Gasteiger partial charge on any atom is -0.375 e. The van der Waals surface area contributed by atoms with E-state index in [1.165, 1.54) is 17.7 Å². The number of thiazole rings is 2. The van der Waals surface area contributed by atoms with Crippen LogP contribution in [0.1, 0.15) is 34.1 Å². The molecule has 1 aliphatic carbocycles. The van der Waals surface area contributed by atoms with Gasteiger partial charge in [0.05, 0.1) is 30.1 Å². The summed E-state index contributed by atoms with van der Waals surface area (Å²) in [5.41, 5.74) is 4.06. The van der Waals surface area contributed by atoms with Crippen LogP contribution in [0, 0.1) is 6.92 Å². The van der Waals surface area contributed by atoms with Gasteiger partial charge in [-0.25, -0.2) is 9.97 Å². The summed E-state index contributed by atoms with van der Waals surface area (Å²) >= 11 is 3.42. The summed E-state index contributed by atoms with van der Waals surface area (Å²) in [5.74, 6) is 0. The number of nitrogens with zero attached hydrogens (tertiary/aromatic N) is 2. The van der Waals surface area contributed by atoms with Gasteiger partial charge in [-0.1, -0.05) is 0 Å². The molecule has 2 aromatic heterocycles. The van der Waals surface area contributed by atoms with Crippen molar-refractivity contribution in [1.82, 2.24) is 15.3 Å². The van der Waals surface area contributed by atoms with Crippen molar-refractivity contribution >= 4 is 22.7 Å². The summed E-state index contributed by atoms with van der Waals surface area (Å²) in [4.78, 5) is 10.1. The fourth-order valence-electron chi connectivity index (χ4n) is 1.92. The van der Waals surface area contributed by atoms with Gasteiger partial charge in [0, 0.05) is 29.3 Å². The van der Waals surface area contributed by atoms with Crippen LogP contribution in [0.25, 0.3) is 0 Å². The molecule has 2 heterocycles. The van der Waals surface area contributed by atoms with E-state index in [-0.39, 0.29) is 0 Å². The van der Waals surface area contributed by atoms with Gasteiger partial charge < -0.3 is 10.1 Å². The van der Waals surface area contributed by atoms with Gasteiger partial charge in [0.1, 0.15) is 5.01 Å². The largest absolute Gasteiger partial charge is 0.375 e. The number of hydrogen-bond acceptors (Lipinski definition) is 6. The zero-order valence-corrected chi connectivity index (χ0v) is 13.2. The molecule has 0 spiro atoms. The average molecular weight is 309 g/mol. The van der Waals surface area contributed by atoms with Gasteiger partial charge in [-0.2, -0.15) is 0 Å². The standard InChI is InChI=1S/C14H19N3OS2/c1-10-13(20-9-16-10)4-5-18-7-12-8-19-14(17-12)6-15-11-2-3-11/h8-9,11,15H,2-7H2,1H3. The van der Waals surface area contributed by atoms with Gasteiger partial charge in [0.25, 0.3) is 0 Å². The first-order chi connectivity index (χ1) is 9.81. The summed E-state index contributed by atoms with van der Waals surface area (Å²) < 4.78 is 5.70. The van der Waals surface area contributed by atoms with Gasteiger partial charge in [0.15, 0.2) is 0 Å². The smallest absolute Gasteiger partial charge is 0.107 e. The molecule has 6 heteroatoms. The van der Waals surface area contributed by atoms with Crippen molar-refractivity contribution < 1.29 is 4.74 Å². The minimum atomic E-state index is 0.609. The predicted octanol–water partition coefficient (Wildman–Crippen LogP) is 2.92. The minimum absolute atomic E-state index is 0.609. The maximum absolute atomic E-state index is 5.70. The lowest BCUT2D eigenvalue weighted by atomic mass is 10.3. The third-order valence-electron chi connectivity index (χ3n) is 3.29. The number of ether oxygens (including phenoxy) is 1. The summed E-state index contributed by atoms with van der Waals surface area (Å²) in [6.07, 6.45) is 3.58. The van der Waals surface area contributed by atoms with Crippen LogP contribution in [0.4, 0.5) is 0 Å². The fourth-order valence-corrected chi connectivity index (χ4v) is 3.42. The molecular weight excluding hydrogens is 290 g/mol. The monoisotopic (exact) mass is 309 g/mol. The van der Waals surface area contributed by atoms with Crippen molar-refractivity contribution in [2.45, 2.75) is 45.4 Å². The van der Waals surface area contributed by atoms with E-state index in [4.69, 9.17) is 4.74 Å². The quantitative estimate of drug-likeness (QED) is 0.762. The molecule has 1 fully saturated rings. The Hall–Kier alpha value is -0.820. The first-order valence-corrected chi connectivity index (χ1v) is 8.70. The van der Waals surface area contributed by atoms with Crippen LogP contribution in [0.15, 0.2) is 10.9 Å². The summed E-state index contributed by atoms with van der Waals surface area (Å²) in [7, 11) is 0. The van der Waals surface area contributed by atoms with Crippen molar-refractivity contribution in [2.24, 2.45) is 0 Å². The van der Waals surface area contributed by atoms with E-state index >= 15 is 0 Å². The van der Waals surface area contributed by atoms with E-state index in [0.717, 1.165) is 42.0 Å². The van der Waals surface area contributed by atoms with E-state index in [9.17, 15) is 0 Å². The van der Waals surface area contributed by atoms with Crippen molar-refractivity contribution in [2.75, 3.05) is 6.61 Å². The predicted molar refractivity (Wildman–Crippen MR) is 82.2 cm³/mol. The zero-order chi connectivity index (χ0) is 13.8. The molecular formula is C14H19N3OS2. The molecule has 0 radical (unpaired) electrons. The molecule has 108 valence electrons. The number of aryl methyl sites for hydroxylation is 1. The van der Waals surface area contributed by atoms with Crippen molar-refractivity contribution in [3.8, 4) is 0 Å². The van der Waals surface area contributed by atoms with Crippen molar-refractivity contribution in [1.29, 1.82) is 0 Å². The molecule has 0 aromatic carbocycles. The highest BCUT2D eigenvalue weighted by Gasteiger charge is 2.20. The van der Waals surface area contributed by atoms with Gasteiger partial charge in [0.2, 0.25) is 0 Å². The van der Waals surface area contributed by atoms with Crippen LogP contribution in [0.3, 0.4) is 0 Å². The fraction of sp³-hybridized carbons (Fsp3) is 0.571. The van der Waals surface area contributed by atoms with Gasteiger partial charge in [-0.05, 0) is 19.8 Å². The second kappa shape index (κ2) is 6.76. The first kappa shape index (κ1) is 14.1. The van der Waals surface area contributed by atoms with Crippen LogP contribution < -0.4 is 5.32 Å². The Morgan fingerprint density at radius 2 is 2.30 bits per heavy atom. The van der Waals surface area contributed by atoms with E-state index in [0.29, 0.717) is 6.61 Å². The molecule has 1 N–H and O–H groups in total. The zero-order valence-electron chi connectivity index (χ0n) is 11.6. The van der Waals surface area contributed by atoms with Gasteiger partial charge >= 0.3 is 0 Å². The molecule has 0 bridgehead atoms. The summed E-state index contributed by atoms with van der Waals surface area (Å²) in [6, 6.07) is 0.737. The first-order valence-electron chi connectivity index (χ1n) is 6.94. The van der Waals surface area contributed by atoms with Crippen LogP contribution in [0.5, 0.6) is 0 Å². The van der Waals surface area contributed by atoms with Gasteiger partial charge in [-0.3, -0.25) is 0 Å². The van der Waals surface area contributed by atoms with Crippen molar-refractivity contribution in [3.05, 3.63) is 32.2 Å². The number of aromatic nitrogens is 2. The second-order valence-electron chi connectivity index (χ2n) is 5.05.